The lowest BCUT2D eigenvalue weighted by molar-refractivity contribution is 0.522. The molecular formula is C21H20N2O2S. The molecule has 0 saturated carbocycles. The minimum Gasteiger partial charge on any atom is -0.300 e. The second-order valence-corrected chi connectivity index (χ2v) is 8.17. The highest BCUT2D eigenvalue weighted by Gasteiger charge is 2.28. The molecule has 0 spiro atoms. The van der Waals surface area contributed by atoms with Gasteiger partial charge >= 0.3 is 0 Å². The number of fused-ring (bicyclic) bond motifs is 3. The topological polar surface area (TPSA) is 72.2 Å². The number of benzene rings is 3. The zero-order valence-electron chi connectivity index (χ0n) is 14.4. The maximum Gasteiger partial charge on any atom is 0.238 e. The van der Waals surface area contributed by atoms with Crippen molar-refractivity contribution in [3.63, 3.8) is 0 Å². The van der Waals surface area contributed by atoms with Gasteiger partial charge < -0.3 is 0 Å². The van der Waals surface area contributed by atoms with Crippen molar-refractivity contribution in [2.24, 2.45) is 5.14 Å². The van der Waals surface area contributed by atoms with E-state index >= 15 is 0 Å². The van der Waals surface area contributed by atoms with E-state index in [9.17, 15) is 8.42 Å². The van der Waals surface area contributed by atoms with E-state index < -0.39 is 10.0 Å². The van der Waals surface area contributed by atoms with E-state index in [0.717, 1.165) is 5.56 Å². The number of rotatable bonds is 4. The molecular weight excluding hydrogens is 344 g/mol. The van der Waals surface area contributed by atoms with Crippen LogP contribution in [-0.2, 0) is 10.0 Å². The van der Waals surface area contributed by atoms with Gasteiger partial charge in [-0.05, 0) is 46.9 Å². The summed E-state index contributed by atoms with van der Waals surface area (Å²) in [4.78, 5) is 0.130. The van der Waals surface area contributed by atoms with Crippen LogP contribution in [0.2, 0.25) is 0 Å². The number of sulfonamides is 1. The van der Waals surface area contributed by atoms with Crippen LogP contribution in [0, 0.1) is 0 Å². The fourth-order valence-corrected chi connectivity index (χ4v) is 4.14. The Morgan fingerprint density at radius 3 is 1.85 bits per heavy atom. The molecule has 26 heavy (non-hydrogen) atoms. The number of nitrogens with one attached hydrogen (secondary N) is 1. The smallest absolute Gasteiger partial charge is 0.238 e. The quantitative estimate of drug-likeness (QED) is 0.740. The Bertz CT molecular complexity index is 1010. The molecule has 0 saturated heterocycles. The van der Waals surface area contributed by atoms with Crippen molar-refractivity contribution in [1.82, 2.24) is 5.32 Å². The van der Waals surface area contributed by atoms with Crippen molar-refractivity contribution in [1.29, 1.82) is 0 Å². The van der Waals surface area contributed by atoms with Gasteiger partial charge in [0, 0.05) is 6.04 Å². The van der Waals surface area contributed by atoms with Crippen LogP contribution in [0.3, 0.4) is 0 Å². The van der Waals surface area contributed by atoms with Gasteiger partial charge in [-0.15, -0.1) is 0 Å². The van der Waals surface area contributed by atoms with Crippen LogP contribution < -0.4 is 10.5 Å². The Kier molecular flexibility index (Phi) is 4.15. The van der Waals surface area contributed by atoms with Crippen molar-refractivity contribution in [2.75, 3.05) is 0 Å². The molecule has 0 radical (unpaired) electrons. The second kappa shape index (κ2) is 6.36. The van der Waals surface area contributed by atoms with Crippen LogP contribution in [0.15, 0.2) is 77.7 Å². The lowest BCUT2D eigenvalue weighted by Crippen LogP contribution is -2.24. The number of nitrogens with two attached hydrogens (primary N) is 1. The van der Waals surface area contributed by atoms with Gasteiger partial charge in [0.25, 0.3) is 0 Å². The molecule has 3 N–H and O–H groups in total. The van der Waals surface area contributed by atoms with Crippen LogP contribution in [0.1, 0.15) is 35.7 Å². The maximum atomic E-state index is 11.4. The predicted octanol–water partition coefficient (Wildman–Crippen LogP) is 3.75. The molecule has 4 rings (SSSR count). The third kappa shape index (κ3) is 2.94. The maximum absolute atomic E-state index is 11.4. The molecule has 5 heteroatoms. The Labute approximate surface area is 153 Å². The summed E-state index contributed by atoms with van der Waals surface area (Å²) < 4.78 is 22.9. The highest BCUT2D eigenvalue weighted by molar-refractivity contribution is 7.89. The normalized spacial score (nSPS) is 14.7. The standard InChI is InChI=1S/C21H20N2O2S/c1-14(15-10-12-16(13-11-15)26(22,24)25)23-21-19-8-4-2-6-17(19)18-7-3-5-9-20(18)21/h2-14,21,23H,1H3,(H2,22,24,25)/t14-/m0/s1. The lowest BCUT2D eigenvalue weighted by atomic mass is 10.0. The van der Waals surface area contributed by atoms with E-state index in [2.05, 4.69) is 60.8 Å². The molecule has 132 valence electrons. The SMILES string of the molecule is C[C@H](NC1c2ccccc2-c2ccccc21)c1ccc(S(N)(=O)=O)cc1. The zero-order chi connectivity index (χ0) is 18.3. The van der Waals surface area contributed by atoms with Crippen molar-refractivity contribution in [3.05, 3.63) is 89.5 Å². The largest absolute Gasteiger partial charge is 0.300 e. The van der Waals surface area contributed by atoms with Crippen LogP contribution in [-0.4, -0.2) is 8.42 Å². The lowest BCUT2D eigenvalue weighted by Gasteiger charge is -2.22. The molecule has 0 aromatic heterocycles. The molecule has 3 aromatic rings. The van der Waals surface area contributed by atoms with Crippen LogP contribution >= 0.6 is 0 Å². The molecule has 0 unspecified atom stereocenters. The van der Waals surface area contributed by atoms with Gasteiger partial charge in [0.05, 0.1) is 10.9 Å². The molecule has 1 aliphatic carbocycles. The number of primary sulfonamides is 1. The predicted molar refractivity (Wildman–Crippen MR) is 103 cm³/mol. The molecule has 1 aliphatic rings. The van der Waals surface area contributed by atoms with Gasteiger partial charge in [-0.25, -0.2) is 13.6 Å². The summed E-state index contributed by atoms with van der Waals surface area (Å²) in [5, 5.41) is 8.86. The Hall–Kier alpha value is -2.47. The summed E-state index contributed by atoms with van der Waals surface area (Å²) in [6.07, 6.45) is 0. The Morgan fingerprint density at radius 2 is 1.35 bits per heavy atom. The van der Waals surface area contributed by atoms with Crippen molar-refractivity contribution in [2.45, 2.75) is 23.9 Å². The fraction of sp³-hybridized carbons (Fsp3) is 0.143. The summed E-state index contributed by atoms with van der Waals surface area (Å²) in [5.74, 6) is 0. The molecule has 0 fully saturated rings. The minimum absolute atomic E-state index is 0.0498. The van der Waals surface area contributed by atoms with Crippen LogP contribution in [0.25, 0.3) is 11.1 Å². The molecule has 0 heterocycles. The monoisotopic (exact) mass is 364 g/mol. The molecule has 0 amide bonds. The van der Waals surface area contributed by atoms with Crippen molar-refractivity contribution in [3.8, 4) is 11.1 Å². The first-order valence-electron chi connectivity index (χ1n) is 8.52. The van der Waals surface area contributed by atoms with Crippen molar-refractivity contribution < 1.29 is 8.42 Å². The molecule has 0 aliphatic heterocycles. The first-order chi connectivity index (χ1) is 12.4. The van der Waals surface area contributed by atoms with Crippen LogP contribution in [0.5, 0.6) is 0 Å². The van der Waals surface area contributed by atoms with Crippen molar-refractivity contribution >= 4 is 10.0 Å². The average Bonchev–Trinajstić information content (AvgIpc) is 2.95. The fourth-order valence-electron chi connectivity index (χ4n) is 3.63. The van der Waals surface area contributed by atoms with Gasteiger partial charge in [-0.3, -0.25) is 5.32 Å². The highest BCUT2D eigenvalue weighted by atomic mass is 32.2. The molecule has 4 nitrogen and oxygen atoms in total. The van der Waals surface area contributed by atoms with E-state index in [1.807, 2.05) is 12.1 Å². The first kappa shape index (κ1) is 17.0. The third-order valence-electron chi connectivity index (χ3n) is 4.96. The summed E-state index contributed by atoms with van der Waals surface area (Å²) in [7, 11) is -3.67. The third-order valence-corrected chi connectivity index (χ3v) is 5.89. The molecule has 3 aromatic carbocycles. The summed E-state index contributed by atoms with van der Waals surface area (Å²) in [6, 6.07) is 23.8. The van der Waals surface area contributed by atoms with Gasteiger partial charge in [-0.1, -0.05) is 60.7 Å². The van der Waals surface area contributed by atoms with Gasteiger partial charge in [0.1, 0.15) is 0 Å². The van der Waals surface area contributed by atoms with Gasteiger partial charge in [0.15, 0.2) is 0 Å². The first-order valence-corrected chi connectivity index (χ1v) is 10.1. The van der Waals surface area contributed by atoms with Crippen LogP contribution in [0.4, 0.5) is 0 Å². The van der Waals surface area contributed by atoms with E-state index in [0.29, 0.717) is 0 Å². The van der Waals surface area contributed by atoms with E-state index in [1.54, 1.807) is 12.1 Å². The second-order valence-electron chi connectivity index (χ2n) is 6.61. The summed E-state index contributed by atoms with van der Waals surface area (Å²) in [6.45, 7) is 2.08. The van der Waals surface area contributed by atoms with E-state index in [4.69, 9.17) is 5.14 Å². The number of hydrogen-bond acceptors (Lipinski definition) is 3. The number of hydrogen-bond donors (Lipinski definition) is 2. The molecule has 1 atom stereocenters. The minimum atomic E-state index is -3.67. The van der Waals surface area contributed by atoms with E-state index in [1.165, 1.54) is 22.3 Å². The molecule has 0 bridgehead atoms. The highest BCUT2D eigenvalue weighted by Crippen LogP contribution is 2.43. The zero-order valence-corrected chi connectivity index (χ0v) is 15.2. The Morgan fingerprint density at radius 1 is 0.846 bits per heavy atom. The summed E-state index contributed by atoms with van der Waals surface area (Å²) in [5.41, 5.74) is 6.07. The average molecular weight is 364 g/mol. The van der Waals surface area contributed by atoms with Gasteiger partial charge in [0.2, 0.25) is 10.0 Å². The summed E-state index contributed by atoms with van der Waals surface area (Å²) >= 11 is 0. The van der Waals surface area contributed by atoms with Gasteiger partial charge in [-0.2, -0.15) is 0 Å². The Balaban J connectivity index is 1.65. The van der Waals surface area contributed by atoms with E-state index in [-0.39, 0.29) is 17.0 Å².